The van der Waals surface area contributed by atoms with E-state index in [4.69, 9.17) is 9.47 Å². The molecule has 2 aromatic carbocycles. The Bertz CT molecular complexity index is 754. The van der Waals surface area contributed by atoms with Crippen LogP contribution in [0.3, 0.4) is 0 Å². The molecule has 142 valence electrons. The number of rotatable bonds is 8. The predicted molar refractivity (Wildman–Crippen MR) is 102 cm³/mol. The van der Waals surface area contributed by atoms with Crippen LogP contribution in [0.2, 0.25) is 0 Å². The molecule has 1 aliphatic carbocycles. The molecular formula is C22H25NO4. The first-order chi connectivity index (χ1) is 13.2. The molecule has 0 radical (unpaired) electrons. The first-order valence-corrected chi connectivity index (χ1v) is 9.41. The predicted octanol–water partition coefficient (Wildman–Crippen LogP) is 3.73. The molecule has 1 saturated carbocycles. The molecule has 0 aromatic heterocycles. The Kier molecular flexibility index (Phi) is 6.85. The molecule has 0 spiro atoms. The minimum Gasteiger partial charge on any atom is -0.493 e. The van der Waals surface area contributed by atoms with E-state index in [0.29, 0.717) is 23.8 Å². The third kappa shape index (κ3) is 6.13. The number of amides is 1. The van der Waals surface area contributed by atoms with Crippen LogP contribution in [-0.2, 0) is 16.1 Å². The third-order valence-electron chi connectivity index (χ3n) is 4.69. The smallest absolute Gasteiger partial charge is 0.325 e. The highest BCUT2D eigenvalue weighted by molar-refractivity contribution is 5.96. The van der Waals surface area contributed by atoms with E-state index in [9.17, 15) is 9.59 Å². The molecule has 0 aliphatic heterocycles. The van der Waals surface area contributed by atoms with Gasteiger partial charge in [-0.2, -0.15) is 0 Å². The zero-order valence-electron chi connectivity index (χ0n) is 15.4. The number of nitrogens with one attached hydrogen (secondary N) is 1. The van der Waals surface area contributed by atoms with Crippen LogP contribution in [0.15, 0.2) is 54.6 Å². The zero-order chi connectivity index (χ0) is 18.9. The highest BCUT2D eigenvalue weighted by Crippen LogP contribution is 2.25. The van der Waals surface area contributed by atoms with Gasteiger partial charge in [0.15, 0.2) is 0 Å². The van der Waals surface area contributed by atoms with Crippen LogP contribution in [0.25, 0.3) is 0 Å². The van der Waals surface area contributed by atoms with E-state index in [2.05, 4.69) is 5.32 Å². The zero-order valence-corrected chi connectivity index (χ0v) is 15.4. The Morgan fingerprint density at radius 3 is 2.56 bits per heavy atom. The van der Waals surface area contributed by atoms with Gasteiger partial charge in [0.1, 0.15) is 18.9 Å². The van der Waals surface area contributed by atoms with Crippen LogP contribution < -0.4 is 10.1 Å². The molecule has 0 saturated heterocycles. The topological polar surface area (TPSA) is 64.6 Å². The first-order valence-electron chi connectivity index (χ1n) is 9.41. The van der Waals surface area contributed by atoms with Gasteiger partial charge in [0.05, 0.1) is 6.61 Å². The molecule has 0 atom stereocenters. The Labute approximate surface area is 159 Å². The molecule has 1 N–H and O–H groups in total. The molecule has 1 fully saturated rings. The Hall–Kier alpha value is -2.82. The molecule has 0 unspecified atom stereocenters. The summed E-state index contributed by atoms with van der Waals surface area (Å²) < 4.78 is 11.0. The molecule has 5 nitrogen and oxygen atoms in total. The third-order valence-corrected chi connectivity index (χ3v) is 4.69. The summed E-state index contributed by atoms with van der Waals surface area (Å²) in [7, 11) is 0. The normalized spacial score (nSPS) is 13.9. The summed E-state index contributed by atoms with van der Waals surface area (Å²) in [4.78, 5) is 24.1. The van der Waals surface area contributed by atoms with Crippen LogP contribution in [-0.4, -0.2) is 25.0 Å². The molecular weight excluding hydrogens is 342 g/mol. The lowest BCUT2D eigenvalue weighted by molar-refractivity contribution is -0.143. The Morgan fingerprint density at radius 2 is 1.78 bits per heavy atom. The molecule has 1 amide bonds. The van der Waals surface area contributed by atoms with E-state index in [1.165, 1.54) is 25.7 Å². The highest BCUT2D eigenvalue weighted by Gasteiger charge is 2.16. The number of hydrogen-bond acceptors (Lipinski definition) is 4. The van der Waals surface area contributed by atoms with Gasteiger partial charge in [-0.25, -0.2) is 0 Å². The fourth-order valence-corrected chi connectivity index (χ4v) is 3.16. The van der Waals surface area contributed by atoms with E-state index < -0.39 is 5.97 Å². The summed E-state index contributed by atoms with van der Waals surface area (Å²) in [5.74, 6) is 0.502. The summed E-state index contributed by atoms with van der Waals surface area (Å²) in [5.41, 5.74) is 1.37. The minimum atomic E-state index is -0.471. The van der Waals surface area contributed by atoms with Crippen LogP contribution in [0, 0.1) is 5.92 Å². The molecule has 0 bridgehead atoms. The van der Waals surface area contributed by atoms with Gasteiger partial charge < -0.3 is 14.8 Å². The molecule has 1 aliphatic rings. The van der Waals surface area contributed by atoms with Crippen molar-refractivity contribution in [3.05, 3.63) is 65.7 Å². The quantitative estimate of drug-likeness (QED) is 0.722. The van der Waals surface area contributed by atoms with Gasteiger partial charge in [0.2, 0.25) is 0 Å². The SMILES string of the molecule is O=C(CNC(=O)c1cccc(OCC2CCCC2)c1)OCc1ccccc1. The van der Waals surface area contributed by atoms with Gasteiger partial charge in [-0.3, -0.25) is 9.59 Å². The molecule has 27 heavy (non-hydrogen) atoms. The average molecular weight is 367 g/mol. The monoisotopic (exact) mass is 367 g/mol. The fraction of sp³-hybridized carbons (Fsp3) is 0.364. The number of ether oxygens (including phenoxy) is 2. The van der Waals surface area contributed by atoms with Gasteiger partial charge in [-0.15, -0.1) is 0 Å². The summed E-state index contributed by atoms with van der Waals surface area (Å²) in [6, 6.07) is 16.5. The van der Waals surface area contributed by atoms with Crippen molar-refractivity contribution in [1.82, 2.24) is 5.32 Å². The Balaban J connectivity index is 1.43. The van der Waals surface area contributed by atoms with E-state index in [1.807, 2.05) is 36.4 Å². The lowest BCUT2D eigenvalue weighted by Crippen LogP contribution is -2.30. The maximum Gasteiger partial charge on any atom is 0.325 e. The van der Waals surface area contributed by atoms with Crippen molar-refractivity contribution in [2.45, 2.75) is 32.3 Å². The number of carbonyl (C=O) groups excluding carboxylic acids is 2. The van der Waals surface area contributed by atoms with Crippen molar-refractivity contribution in [2.24, 2.45) is 5.92 Å². The van der Waals surface area contributed by atoms with Crippen molar-refractivity contribution in [1.29, 1.82) is 0 Å². The summed E-state index contributed by atoms with van der Waals surface area (Å²) in [6.07, 6.45) is 4.98. The van der Waals surface area contributed by atoms with Gasteiger partial charge in [-0.05, 0) is 42.5 Å². The minimum absolute atomic E-state index is 0.168. The van der Waals surface area contributed by atoms with E-state index in [0.717, 1.165) is 5.56 Å². The molecule has 0 heterocycles. The molecule has 3 rings (SSSR count). The van der Waals surface area contributed by atoms with E-state index >= 15 is 0 Å². The van der Waals surface area contributed by atoms with Crippen molar-refractivity contribution >= 4 is 11.9 Å². The summed E-state index contributed by atoms with van der Waals surface area (Å²) in [5, 5.41) is 2.59. The number of hydrogen-bond donors (Lipinski definition) is 1. The maximum absolute atomic E-state index is 12.3. The Morgan fingerprint density at radius 1 is 1.00 bits per heavy atom. The molecule has 2 aromatic rings. The van der Waals surface area contributed by atoms with Crippen LogP contribution >= 0.6 is 0 Å². The number of benzene rings is 2. The fourth-order valence-electron chi connectivity index (χ4n) is 3.16. The molecule has 5 heteroatoms. The second-order valence-electron chi connectivity index (χ2n) is 6.82. The standard InChI is InChI=1S/C22H25NO4/c24-21(27-16-18-7-2-1-3-8-18)14-23-22(25)19-11-6-12-20(13-19)26-15-17-9-4-5-10-17/h1-3,6-8,11-13,17H,4-5,9-10,14-16H2,(H,23,25). The van der Waals surface area contributed by atoms with Crippen molar-refractivity contribution in [3.63, 3.8) is 0 Å². The second-order valence-corrected chi connectivity index (χ2v) is 6.82. The maximum atomic E-state index is 12.3. The van der Waals surface area contributed by atoms with Gasteiger partial charge in [0, 0.05) is 5.56 Å². The van der Waals surface area contributed by atoms with Gasteiger partial charge in [0.25, 0.3) is 5.91 Å². The first kappa shape index (κ1) is 19.0. The lowest BCUT2D eigenvalue weighted by atomic mass is 10.1. The highest BCUT2D eigenvalue weighted by atomic mass is 16.5. The van der Waals surface area contributed by atoms with Crippen LogP contribution in [0.4, 0.5) is 0 Å². The largest absolute Gasteiger partial charge is 0.493 e. The van der Waals surface area contributed by atoms with Crippen molar-refractivity contribution < 1.29 is 19.1 Å². The van der Waals surface area contributed by atoms with E-state index in [-0.39, 0.29) is 19.1 Å². The van der Waals surface area contributed by atoms with Crippen molar-refractivity contribution in [3.8, 4) is 5.75 Å². The lowest BCUT2D eigenvalue weighted by Gasteiger charge is -2.12. The van der Waals surface area contributed by atoms with Gasteiger partial charge in [-0.1, -0.05) is 49.2 Å². The number of carbonyl (C=O) groups is 2. The number of esters is 1. The van der Waals surface area contributed by atoms with Crippen LogP contribution in [0.5, 0.6) is 5.75 Å². The summed E-state index contributed by atoms with van der Waals surface area (Å²) in [6.45, 7) is 0.718. The van der Waals surface area contributed by atoms with E-state index in [1.54, 1.807) is 18.2 Å². The summed E-state index contributed by atoms with van der Waals surface area (Å²) >= 11 is 0. The average Bonchev–Trinajstić information content (AvgIpc) is 3.23. The van der Waals surface area contributed by atoms with Crippen LogP contribution in [0.1, 0.15) is 41.6 Å². The van der Waals surface area contributed by atoms with Gasteiger partial charge >= 0.3 is 5.97 Å². The second kappa shape index (κ2) is 9.76. The van der Waals surface area contributed by atoms with Crippen molar-refractivity contribution in [2.75, 3.05) is 13.2 Å².